The van der Waals surface area contributed by atoms with Crippen LogP contribution < -0.4 is 5.32 Å². The standard InChI is InChI=1S/C13H17FN2O4/c1-20-7-6-16(9-12(17)18)13(19)15-8-10-2-4-11(14)5-3-10/h2-5H,6-9H2,1H3,(H,15,19)(H,17,18). The van der Waals surface area contributed by atoms with Crippen molar-refractivity contribution in [2.24, 2.45) is 0 Å². The van der Waals surface area contributed by atoms with Crippen molar-refractivity contribution in [2.45, 2.75) is 6.54 Å². The second-order valence-corrected chi connectivity index (χ2v) is 4.09. The Morgan fingerprint density at radius 2 is 2.00 bits per heavy atom. The van der Waals surface area contributed by atoms with Crippen LogP contribution in [0.15, 0.2) is 24.3 Å². The van der Waals surface area contributed by atoms with Gasteiger partial charge in [-0.05, 0) is 17.7 Å². The van der Waals surface area contributed by atoms with Crippen molar-refractivity contribution in [3.63, 3.8) is 0 Å². The van der Waals surface area contributed by atoms with Crippen LogP contribution in [0.1, 0.15) is 5.56 Å². The van der Waals surface area contributed by atoms with Gasteiger partial charge in [0.05, 0.1) is 6.61 Å². The number of rotatable bonds is 7. The lowest BCUT2D eigenvalue weighted by Crippen LogP contribution is -2.44. The number of carbonyl (C=O) groups excluding carboxylic acids is 1. The van der Waals surface area contributed by atoms with Crippen LogP contribution in [0.5, 0.6) is 0 Å². The molecule has 0 aliphatic rings. The van der Waals surface area contributed by atoms with Gasteiger partial charge in [0.15, 0.2) is 0 Å². The summed E-state index contributed by atoms with van der Waals surface area (Å²) >= 11 is 0. The Labute approximate surface area is 116 Å². The van der Waals surface area contributed by atoms with Gasteiger partial charge >= 0.3 is 12.0 Å². The molecule has 0 unspecified atom stereocenters. The van der Waals surface area contributed by atoms with Gasteiger partial charge in [-0.2, -0.15) is 0 Å². The number of amides is 2. The molecule has 110 valence electrons. The summed E-state index contributed by atoms with van der Waals surface area (Å²) in [7, 11) is 1.47. The van der Waals surface area contributed by atoms with Gasteiger partial charge in [0.2, 0.25) is 0 Å². The third-order valence-electron chi connectivity index (χ3n) is 2.54. The highest BCUT2D eigenvalue weighted by atomic mass is 19.1. The summed E-state index contributed by atoms with van der Waals surface area (Å²) in [5.74, 6) is -1.45. The van der Waals surface area contributed by atoms with E-state index in [1.54, 1.807) is 12.1 Å². The minimum atomic E-state index is -1.10. The van der Waals surface area contributed by atoms with Gasteiger partial charge in [-0.25, -0.2) is 9.18 Å². The molecule has 7 heteroatoms. The molecule has 1 rings (SSSR count). The van der Waals surface area contributed by atoms with Crippen molar-refractivity contribution >= 4 is 12.0 Å². The maximum absolute atomic E-state index is 12.7. The molecule has 0 aromatic heterocycles. The van der Waals surface area contributed by atoms with E-state index in [1.165, 1.54) is 19.2 Å². The lowest BCUT2D eigenvalue weighted by atomic mass is 10.2. The predicted octanol–water partition coefficient (Wildman–Crippen LogP) is 1.07. The van der Waals surface area contributed by atoms with Crippen LogP contribution in [-0.4, -0.2) is 48.8 Å². The van der Waals surface area contributed by atoms with E-state index in [-0.39, 0.29) is 25.5 Å². The number of halogens is 1. The van der Waals surface area contributed by atoms with Crippen molar-refractivity contribution in [1.82, 2.24) is 10.2 Å². The SMILES string of the molecule is COCCN(CC(=O)O)C(=O)NCc1ccc(F)cc1. The first kappa shape index (κ1) is 15.9. The number of carboxylic acid groups (broad SMARTS) is 1. The average molecular weight is 284 g/mol. The monoisotopic (exact) mass is 284 g/mol. The largest absolute Gasteiger partial charge is 0.480 e. The lowest BCUT2D eigenvalue weighted by Gasteiger charge is -2.20. The molecule has 0 atom stereocenters. The molecule has 0 heterocycles. The highest BCUT2D eigenvalue weighted by Crippen LogP contribution is 2.02. The van der Waals surface area contributed by atoms with Gasteiger partial charge in [0.1, 0.15) is 12.4 Å². The summed E-state index contributed by atoms with van der Waals surface area (Å²) in [5.41, 5.74) is 0.724. The van der Waals surface area contributed by atoms with Crippen LogP contribution in [0.2, 0.25) is 0 Å². The molecule has 0 radical (unpaired) electrons. The second-order valence-electron chi connectivity index (χ2n) is 4.09. The number of carboxylic acids is 1. The smallest absolute Gasteiger partial charge is 0.323 e. The lowest BCUT2D eigenvalue weighted by molar-refractivity contribution is -0.137. The van der Waals surface area contributed by atoms with Crippen molar-refractivity contribution in [1.29, 1.82) is 0 Å². The zero-order valence-corrected chi connectivity index (χ0v) is 11.1. The summed E-state index contributed by atoms with van der Waals surface area (Å²) in [6, 6.07) is 5.18. The molecule has 1 aromatic carbocycles. The summed E-state index contributed by atoms with van der Waals surface area (Å²) in [5, 5.41) is 11.3. The third-order valence-corrected chi connectivity index (χ3v) is 2.54. The first-order valence-corrected chi connectivity index (χ1v) is 6.01. The fourth-order valence-corrected chi connectivity index (χ4v) is 1.51. The number of hydrogen-bond donors (Lipinski definition) is 2. The van der Waals surface area contributed by atoms with Crippen molar-refractivity contribution in [2.75, 3.05) is 26.8 Å². The summed E-state index contributed by atoms with van der Waals surface area (Å²) in [4.78, 5) is 23.7. The maximum atomic E-state index is 12.7. The van der Waals surface area contributed by atoms with E-state index in [9.17, 15) is 14.0 Å². The Morgan fingerprint density at radius 3 is 2.55 bits per heavy atom. The molecule has 0 saturated heterocycles. The number of benzene rings is 1. The molecule has 0 aliphatic heterocycles. The highest BCUT2D eigenvalue weighted by Gasteiger charge is 2.15. The molecule has 0 aliphatic carbocycles. The maximum Gasteiger partial charge on any atom is 0.323 e. The molecule has 1 aromatic rings. The molecule has 0 bridgehead atoms. The number of urea groups is 1. The van der Waals surface area contributed by atoms with Crippen molar-refractivity contribution in [3.8, 4) is 0 Å². The molecule has 2 N–H and O–H groups in total. The first-order valence-electron chi connectivity index (χ1n) is 6.01. The fraction of sp³-hybridized carbons (Fsp3) is 0.385. The molecular weight excluding hydrogens is 267 g/mol. The Kier molecular flexibility index (Phi) is 6.45. The van der Waals surface area contributed by atoms with Gasteiger partial charge in [-0.3, -0.25) is 4.79 Å². The van der Waals surface area contributed by atoms with Crippen molar-refractivity contribution in [3.05, 3.63) is 35.6 Å². The van der Waals surface area contributed by atoms with Crippen LogP contribution in [-0.2, 0) is 16.1 Å². The van der Waals surface area contributed by atoms with Gasteiger partial charge in [-0.1, -0.05) is 12.1 Å². The van der Waals surface area contributed by atoms with Crippen LogP contribution >= 0.6 is 0 Å². The first-order chi connectivity index (χ1) is 9.52. The van der Waals surface area contributed by atoms with Crippen LogP contribution in [0.3, 0.4) is 0 Å². The highest BCUT2D eigenvalue weighted by molar-refractivity contribution is 5.80. The number of ether oxygens (including phenoxy) is 1. The Hall–Kier alpha value is -2.15. The molecule has 6 nitrogen and oxygen atoms in total. The van der Waals surface area contributed by atoms with Gasteiger partial charge in [0, 0.05) is 20.2 Å². The van der Waals surface area contributed by atoms with E-state index >= 15 is 0 Å². The zero-order valence-electron chi connectivity index (χ0n) is 11.1. The Balaban J connectivity index is 2.51. The Bertz CT molecular complexity index is 450. The summed E-state index contributed by atoms with van der Waals surface area (Å²) < 4.78 is 17.5. The minimum Gasteiger partial charge on any atom is -0.480 e. The number of methoxy groups -OCH3 is 1. The second kappa shape index (κ2) is 8.11. The van der Waals surface area contributed by atoms with Gasteiger partial charge in [0.25, 0.3) is 0 Å². The number of nitrogens with zero attached hydrogens (tertiary/aromatic N) is 1. The molecule has 0 saturated carbocycles. The van der Waals surface area contributed by atoms with Crippen LogP contribution in [0.25, 0.3) is 0 Å². The summed E-state index contributed by atoms with van der Waals surface area (Å²) in [6.07, 6.45) is 0. The quantitative estimate of drug-likeness (QED) is 0.785. The van der Waals surface area contributed by atoms with E-state index in [0.29, 0.717) is 0 Å². The zero-order chi connectivity index (χ0) is 15.0. The third kappa shape index (κ3) is 5.66. The van der Waals surface area contributed by atoms with E-state index < -0.39 is 18.5 Å². The summed E-state index contributed by atoms with van der Waals surface area (Å²) in [6.45, 7) is 0.218. The van der Waals surface area contributed by atoms with E-state index in [0.717, 1.165) is 10.5 Å². The molecule has 20 heavy (non-hydrogen) atoms. The number of hydrogen-bond acceptors (Lipinski definition) is 3. The topological polar surface area (TPSA) is 78.9 Å². The van der Waals surface area contributed by atoms with Crippen LogP contribution in [0.4, 0.5) is 9.18 Å². The Morgan fingerprint density at radius 1 is 1.35 bits per heavy atom. The van der Waals surface area contributed by atoms with Gasteiger partial charge in [-0.15, -0.1) is 0 Å². The van der Waals surface area contributed by atoms with E-state index in [4.69, 9.17) is 9.84 Å². The number of carbonyl (C=O) groups is 2. The molecule has 0 fully saturated rings. The molecule has 0 spiro atoms. The normalized spacial score (nSPS) is 10.1. The fourth-order valence-electron chi connectivity index (χ4n) is 1.51. The molecular formula is C13H17FN2O4. The predicted molar refractivity (Wildman–Crippen MR) is 69.7 cm³/mol. The van der Waals surface area contributed by atoms with E-state index in [2.05, 4.69) is 5.32 Å². The number of nitrogens with one attached hydrogen (secondary N) is 1. The van der Waals surface area contributed by atoms with Crippen LogP contribution in [0, 0.1) is 5.82 Å². The minimum absolute atomic E-state index is 0.179. The van der Waals surface area contributed by atoms with Crippen molar-refractivity contribution < 1.29 is 23.8 Å². The van der Waals surface area contributed by atoms with Gasteiger partial charge < -0.3 is 20.1 Å². The number of aliphatic carboxylic acids is 1. The van der Waals surface area contributed by atoms with E-state index in [1.807, 2.05) is 0 Å². The average Bonchev–Trinajstić information content (AvgIpc) is 2.42. The molecule has 2 amide bonds.